The first-order valence-electron chi connectivity index (χ1n) is 6.70. The van der Waals surface area contributed by atoms with Crippen LogP contribution in [0.2, 0.25) is 0 Å². The number of nitrogens with zero attached hydrogens (tertiary/aromatic N) is 2. The van der Waals surface area contributed by atoms with Gasteiger partial charge in [-0.15, -0.1) is 0 Å². The van der Waals surface area contributed by atoms with Crippen LogP contribution >= 0.6 is 0 Å². The van der Waals surface area contributed by atoms with Gasteiger partial charge in [-0.2, -0.15) is 0 Å². The number of fused-ring (bicyclic) bond motifs is 1. The summed E-state index contributed by atoms with van der Waals surface area (Å²) < 4.78 is 5.55. The lowest BCUT2D eigenvalue weighted by Gasteiger charge is -2.36. The Morgan fingerprint density at radius 3 is 3.00 bits per heavy atom. The lowest BCUT2D eigenvalue weighted by Crippen LogP contribution is -2.55. The van der Waals surface area contributed by atoms with Gasteiger partial charge in [0.15, 0.2) is 0 Å². The standard InChI is InChI=1S/C14H22N4O/c1-10(2)19-8-4-6-14(16)12(15)9-18-11-5-3-7-17-13(11)14/h3,5,7,9-10,12H,4,6,8,15-16H2,1-2H3. The summed E-state index contributed by atoms with van der Waals surface area (Å²) in [6.45, 7) is 4.73. The number of rotatable bonds is 5. The van der Waals surface area contributed by atoms with E-state index < -0.39 is 5.54 Å². The monoisotopic (exact) mass is 262 g/mol. The lowest BCUT2D eigenvalue weighted by molar-refractivity contribution is 0.0718. The van der Waals surface area contributed by atoms with Crippen LogP contribution in [0.15, 0.2) is 23.3 Å². The zero-order valence-corrected chi connectivity index (χ0v) is 11.5. The van der Waals surface area contributed by atoms with E-state index in [1.807, 2.05) is 26.0 Å². The van der Waals surface area contributed by atoms with E-state index in [9.17, 15) is 0 Å². The topological polar surface area (TPSA) is 86.5 Å². The summed E-state index contributed by atoms with van der Waals surface area (Å²) in [5.41, 5.74) is 13.6. The summed E-state index contributed by atoms with van der Waals surface area (Å²) in [5, 5.41) is 0. The Kier molecular flexibility index (Phi) is 4.29. The molecule has 0 spiro atoms. The predicted octanol–water partition coefficient (Wildman–Crippen LogP) is 1.48. The Bertz CT molecular complexity index is 461. The molecule has 104 valence electrons. The fourth-order valence-corrected chi connectivity index (χ4v) is 2.28. The fraction of sp³-hybridized carbons (Fsp3) is 0.571. The Morgan fingerprint density at radius 1 is 1.47 bits per heavy atom. The molecule has 0 fully saturated rings. The van der Waals surface area contributed by atoms with Crippen molar-refractivity contribution < 1.29 is 4.74 Å². The highest BCUT2D eigenvalue weighted by Crippen LogP contribution is 2.34. The number of hydrogen-bond donors (Lipinski definition) is 2. The van der Waals surface area contributed by atoms with Crippen LogP contribution in [-0.4, -0.2) is 30.0 Å². The number of aliphatic imine (C=N–C) groups is 1. The van der Waals surface area contributed by atoms with Gasteiger partial charge in [-0.25, -0.2) is 0 Å². The molecule has 0 amide bonds. The van der Waals surface area contributed by atoms with Crippen LogP contribution in [0.3, 0.4) is 0 Å². The van der Waals surface area contributed by atoms with Crippen molar-refractivity contribution >= 4 is 11.9 Å². The second-order valence-corrected chi connectivity index (χ2v) is 5.24. The number of nitrogens with two attached hydrogens (primary N) is 2. The highest BCUT2D eigenvalue weighted by atomic mass is 16.5. The molecule has 2 heterocycles. The molecule has 1 aliphatic rings. The zero-order chi connectivity index (χ0) is 13.9. The number of pyridine rings is 1. The predicted molar refractivity (Wildman–Crippen MR) is 76.6 cm³/mol. The molecule has 0 aromatic carbocycles. The van der Waals surface area contributed by atoms with Crippen LogP contribution in [0.4, 0.5) is 5.69 Å². The number of ether oxygens (including phenoxy) is 1. The van der Waals surface area contributed by atoms with E-state index >= 15 is 0 Å². The molecule has 4 N–H and O–H groups in total. The van der Waals surface area contributed by atoms with E-state index in [1.54, 1.807) is 12.4 Å². The summed E-state index contributed by atoms with van der Waals surface area (Å²) in [5.74, 6) is 0. The normalized spacial score (nSPS) is 25.6. The van der Waals surface area contributed by atoms with Crippen molar-refractivity contribution in [1.82, 2.24) is 4.98 Å². The molecule has 0 radical (unpaired) electrons. The maximum atomic E-state index is 6.50. The Labute approximate surface area is 114 Å². The first-order chi connectivity index (χ1) is 9.04. The van der Waals surface area contributed by atoms with Crippen LogP contribution in [0, 0.1) is 0 Å². The van der Waals surface area contributed by atoms with Crippen LogP contribution in [-0.2, 0) is 10.3 Å². The van der Waals surface area contributed by atoms with E-state index in [2.05, 4.69) is 9.98 Å². The molecular weight excluding hydrogens is 240 g/mol. The third-order valence-corrected chi connectivity index (χ3v) is 3.38. The van der Waals surface area contributed by atoms with Gasteiger partial charge in [0.25, 0.3) is 0 Å². The highest BCUT2D eigenvalue weighted by Gasteiger charge is 2.38. The first-order valence-corrected chi connectivity index (χ1v) is 6.70. The average molecular weight is 262 g/mol. The van der Waals surface area contributed by atoms with E-state index in [4.69, 9.17) is 16.2 Å². The molecule has 1 aliphatic heterocycles. The SMILES string of the molecule is CC(C)OCCCC1(N)c2ncccc2N=CC1N. The smallest absolute Gasteiger partial charge is 0.0878 e. The quantitative estimate of drug-likeness (QED) is 0.787. The summed E-state index contributed by atoms with van der Waals surface area (Å²) in [6, 6.07) is 3.46. The van der Waals surface area contributed by atoms with Gasteiger partial charge >= 0.3 is 0 Å². The minimum atomic E-state index is -0.654. The molecule has 5 heteroatoms. The zero-order valence-electron chi connectivity index (χ0n) is 11.5. The maximum Gasteiger partial charge on any atom is 0.0878 e. The molecule has 2 atom stereocenters. The number of hydrogen-bond acceptors (Lipinski definition) is 5. The molecule has 0 aliphatic carbocycles. The molecule has 0 saturated carbocycles. The van der Waals surface area contributed by atoms with Crippen molar-refractivity contribution in [1.29, 1.82) is 0 Å². The van der Waals surface area contributed by atoms with E-state index in [-0.39, 0.29) is 12.1 Å². The fourth-order valence-electron chi connectivity index (χ4n) is 2.28. The largest absolute Gasteiger partial charge is 0.379 e. The van der Waals surface area contributed by atoms with Gasteiger partial charge in [0.1, 0.15) is 0 Å². The molecular formula is C14H22N4O. The molecule has 2 unspecified atom stereocenters. The Hall–Kier alpha value is -1.30. The van der Waals surface area contributed by atoms with Gasteiger partial charge in [-0.05, 0) is 38.8 Å². The van der Waals surface area contributed by atoms with Gasteiger partial charge < -0.3 is 16.2 Å². The van der Waals surface area contributed by atoms with Crippen LogP contribution in [0.5, 0.6) is 0 Å². The minimum Gasteiger partial charge on any atom is -0.379 e. The third-order valence-electron chi connectivity index (χ3n) is 3.38. The van der Waals surface area contributed by atoms with Crippen molar-refractivity contribution in [2.45, 2.75) is 44.4 Å². The van der Waals surface area contributed by atoms with Crippen molar-refractivity contribution in [3.63, 3.8) is 0 Å². The number of aromatic nitrogens is 1. The third kappa shape index (κ3) is 3.00. The molecule has 5 nitrogen and oxygen atoms in total. The summed E-state index contributed by atoms with van der Waals surface area (Å²) in [7, 11) is 0. The van der Waals surface area contributed by atoms with Crippen molar-refractivity contribution in [2.24, 2.45) is 16.5 Å². The lowest BCUT2D eigenvalue weighted by atomic mass is 9.81. The molecule has 0 saturated heterocycles. The second-order valence-electron chi connectivity index (χ2n) is 5.24. The highest BCUT2D eigenvalue weighted by molar-refractivity contribution is 5.75. The van der Waals surface area contributed by atoms with Crippen LogP contribution in [0.1, 0.15) is 32.4 Å². The van der Waals surface area contributed by atoms with Gasteiger partial charge in [0, 0.05) is 19.0 Å². The molecule has 2 rings (SSSR count). The first kappa shape index (κ1) is 14.1. The van der Waals surface area contributed by atoms with E-state index in [0.29, 0.717) is 6.61 Å². The molecule has 19 heavy (non-hydrogen) atoms. The minimum absolute atomic E-state index is 0.237. The molecule has 1 aromatic heterocycles. The van der Waals surface area contributed by atoms with Gasteiger partial charge in [-0.3, -0.25) is 9.98 Å². The van der Waals surface area contributed by atoms with Gasteiger partial charge in [0.05, 0.1) is 29.1 Å². The molecule has 1 aromatic rings. The van der Waals surface area contributed by atoms with Gasteiger partial charge in [-0.1, -0.05) is 0 Å². The average Bonchev–Trinajstić information content (AvgIpc) is 2.40. The summed E-state index contributed by atoms with van der Waals surface area (Å²) in [6.07, 6.45) is 5.27. The Balaban J connectivity index is 2.10. The van der Waals surface area contributed by atoms with Crippen molar-refractivity contribution in [3.05, 3.63) is 24.0 Å². The van der Waals surface area contributed by atoms with Crippen molar-refractivity contribution in [2.75, 3.05) is 6.61 Å². The maximum absolute atomic E-state index is 6.50. The molecule has 0 bridgehead atoms. The van der Waals surface area contributed by atoms with Crippen LogP contribution in [0.25, 0.3) is 0 Å². The summed E-state index contributed by atoms with van der Waals surface area (Å²) in [4.78, 5) is 8.68. The van der Waals surface area contributed by atoms with Gasteiger partial charge in [0.2, 0.25) is 0 Å². The van der Waals surface area contributed by atoms with E-state index in [0.717, 1.165) is 24.2 Å². The van der Waals surface area contributed by atoms with Crippen molar-refractivity contribution in [3.8, 4) is 0 Å². The summed E-state index contributed by atoms with van der Waals surface area (Å²) >= 11 is 0. The Morgan fingerprint density at radius 2 is 2.26 bits per heavy atom. The van der Waals surface area contributed by atoms with E-state index in [1.165, 1.54) is 0 Å². The van der Waals surface area contributed by atoms with Crippen LogP contribution < -0.4 is 11.5 Å². The second kappa shape index (κ2) is 5.77.